The second-order valence-corrected chi connectivity index (χ2v) is 14.5. The van der Waals surface area contributed by atoms with E-state index in [-0.39, 0.29) is 17.9 Å². The molecule has 0 aromatic heterocycles. The minimum Gasteiger partial charge on any atom is -0.393 e. The van der Waals surface area contributed by atoms with Gasteiger partial charge in [-0.15, -0.1) is 0 Å². The van der Waals surface area contributed by atoms with E-state index in [1.54, 1.807) is 13.0 Å². The number of hydrogen-bond donors (Lipinski definition) is 4. The van der Waals surface area contributed by atoms with Crippen molar-refractivity contribution in [3.05, 3.63) is 119 Å². The van der Waals surface area contributed by atoms with Gasteiger partial charge in [0.1, 0.15) is 5.60 Å². The van der Waals surface area contributed by atoms with Crippen molar-refractivity contribution in [2.45, 2.75) is 118 Å². The van der Waals surface area contributed by atoms with Crippen molar-refractivity contribution < 1.29 is 20.4 Å². The van der Waals surface area contributed by atoms with Crippen molar-refractivity contribution in [2.24, 2.45) is 10.8 Å². The second-order valence-electron chi connectivity index (χ2n) is 14.5. The molecule has 4 nitrogen and oxygen atoms in total. The maximum atomic E-state index is 11.4. The summed E-state index contributed by atoms with van der Waals surface area (Å²) in [6, 6.07) is 0. The largest absolute Gasteiger partial charge is 0.393 e. The molecule has 1 fully saturated rings. The quantitative estimate of drug-likeness (QED) is 0.189. The first-order valence-electron chi connectivity index (χ1n) is 15.9. The summed E-state index contributed by atoms with van der Waals surface area (Å²) in [6.07, 6.45) is 29.6. The van der Waals surface area contributed by atoms with Crippen molar-refractivity contribution >= 4 is 0 Å². The monoisotopic (exact) mass is 602 g/mol. The second kappa shape index (κ2) is 15.5. The van der Waals surface area contributed by atoms with Crippen molar-refractivity contribution in [1.29, 1.82) is 0 Å². The van der Waals surface area contributed by atoms with Crippen molar-refractivity contribution in [3.63, 3.8) is 0 Å². The fraction of sp³-hybridized carbons (Fsp3) is 0.500. The lowest BCUT2D eigenvalue weighted by Gasteiger charge is -2.54. The Hall–Kier alpha value is -2.76. The molecule has 0 radical (unpaired) electrons. The normalized spacial score (nSPS) is 31.1. The number of aliphatic hydroxyl groups is 4. The molecule has 0 amide bonds. The molecule has 44 heavy (non-hydrogen) atoms. The van der Waals surface area contributed by atoms with Gasteiger partial charge in [0.05, 0.1) is 17.8 Å². The van der Waals surface area contributed by atoms with Crippen LogP contribution in [0.1, 0.15) is 94.9 Å². The zero-order chi connectivity index (χ0) is 33.3. The topological polar surface area (TPSA) is 80.9 Å². The van der Waals surface area contributed by atoms with E-state index < -0.39 is 22.7 Å². The highest BCUT2D eigenvalue weighted by atomic mass is 16.4. The molecule has 2 aliphatic rings. The molecule has 4 N–H and O–H groups in total. The summed E-state index contributed by atoms with van der Waals surface area (Å²) < 4.78 is 0. The van der Waals surface area contributed by atoms with Crippen LogP contribution < -0.4 is 0 Å². The molecule has 0 heterocycles. The zero-order valence-electron chi connectivity index (χ0n) is 28.9. The van der Waals surface area contributed by atoms with Crippen LogP contribution in [0.3, 0.4) is 0 Å². The van der Waals surface area contributed by atoms with E-state index >= 15 is 0 Å². The van der Waals surface area contributed by atoms with Gasteiger partial charge in [-0.1, -0.05) is 135 Å². The Bertz CT molecular complexity index is 1300. The van der Waals surface area contributed by atoms with Gasteiger partial charge in [0.25, 0.3) is 0 Å². The standard InChI is InChI=1S/C40H58O4/c1-29(17-13-19-31(3)21-22-36-33(5)25-34(41)26-37(36,6)7)15-11-12-16-30(2)18-14-20-32(4)23-24-40(44)38(8,9)27-35(42)28-39(40,10)43/h11-24,34-35,41-44H,25-28H2,1-10H3/b12-11+,17-13+,18-14+,22-21+,24-23+,29-15+,30-16+,31-19+,32-20+/t34-,35+,39+,40+/m0/s1. The third kappa shape index (κ3) is 10.4. The van der Waals surface area contributed by atoms with Gasteiger partial charge < -0.3 is 20.4 Å². The van der Waals surface area contributed by atoms with Crippen LogP contribution in [-0.2, 0) is 0 Å². The zero-order valence-corrected chi connectivity index (χ0v) is 28.9. The van der Waals surface area contributed by atoms with Crippen LogP contribution in [0.15, 0.2) is 119 Å². The third-order valence-electron chi connectivity index (χ3n) is 9.07. The summed E-state index contributed by atoms with van der Waals surface area (Å²) in [5.74, 6) is 0. The Labute approximate surface area is 267 Å². The third-order valence-corrected chi connectivity index (χ3v) is 9.07. The molecule has 0 aliphatic heterocycles. The van der Waals surface area contributed by atoms with Crippen LogP contribution in [0.4, 0.5) is 0 Å². The van der Waals surface area contributed by atoms with Gasteiger partial charge in [0.15, 0.2) is 0 Å². The number of hydrogen-bond acceptors (Lipinski definition) is 4. The van der Waals surface area contributed by atoms with Crippen molar-refractivity contribution in [2.75, 3.05) is 0 Å². The minimum absolute atomic E-state index is 0.0115. The highest BCUT2D eigenvalue weighted by Crippen LogP contribution is 2.50. The first-order chi connectivity index (χ1) is 20.3. The predicted octanol–water partition coefficient (Wildman–Crippen LogP) is 8.71. The predicted molar refractivity (Wildman–Crippen MR) is 187 cm³/mol. The van der Waals surface area contributed by atoms with Gasteiger partial charge in [0.2, 0.25) is 0 Å². The molecule has 2 aliphatic carbocycles. The van der Waals surface area contributed by atoms with E-state index in [0.29, 0.717) is 6.42 Å². The molecule has 4 atom stereocenters. The Kier molecular flexibility index (Phi) is 13.2. The first kappa shape index (κ1) is 37.4. The SMILES string of the molecule is CC1=C(/C=C/C(C)=C/C=C/C(C)=C/C=C/C=C(C)/C=C/C=C(C)/C=C/[C@@]2(O)C(C)(C)C[C@@H](O)C[C@@]2(C)O)C(C)(C)C[C@@H](O)C1. The minimum atomic E-state index is -1.44. The molecule has 0 spiro atoms. The number of aliphatic hydroxyl groups excluding tert-OH is 2. The molecular formula is C40H58O4. The molecule has 1 saturated carbocycles. The van der Waals surface area contributed by atoms with E-state index in [0.717, 1.165) is 29.6 Å². The summed E-state index contributed by atoms with van der Waals surface area (Å²) in [4.78, 5) is 0. The van der Waals surface area contributed by atoms with E-state index in [9.17, 15) is 20.4 Å². The average Bonchev–Trinajstić information content (AvgIpc) is 2.87. The van der Waals surface area contributed by atoms with Gasteiger partial charge >= 0.3 is 0 Å². The molecule has 0 saturated heterocycles. The maximum Gasteiger partial charge on any atom is 0.117 e. The number of allylic oxidation sites excluding steroid dienone is 18. The van der Waals surface area contributed by atoms with Crippen molar-refractivity contribution in [1.82, 2.24) is 0 Å². The molecule has 242 valence electrons. The van der Waals surface area contributed by atoms with Crippen LogP contribution in [0, 0.1) is 10.8 Å². The summed E-state index contributed by atoms with van der Waals surface area (Å²) in [6.45, 7) is 20.1. The highest BCUT2D eigenvalue weighted by Gasteiger charge is 2.58. The summed E-state index contributed by atoms with van der Waals surface area (Å²) in [5, 5.41) is 42.6. The lowest BCUT2D eigenvalue weighted by molar-refractivity contribution is -0.216. The van der Waals surface area contributed by atoms with Gasteiger partial charge in [-0.05, 0) is 77.9 Å². The molecule has 0 unspecified atom stereocenters. The fourth-order valence-electron chi connectivity index (χ4n) is 6.55. The van der Waals surface area contributed by atoms with E-state index in [1.165, 1.54) is 16.7 Å². The van der Waals surface area contributed by atoms with Crippen LogP contribution in [0.5, 0.6) is 0 Å². The summed E-state index contributed by atoms with van der Waals surface area (Å²) in [7, 11) is 0. The Morgan fingerprint density at radius 2 is 1.11 bits per heavy atom. The smallest absolute Gasteiger partial charge is 0.117 e. The van der Waals surface area contributed by atoms with E-state index in [4.69, 9.17) is 0 Å². The molecule has 0 bridgehead atoms. The first-order valence-corrected chi connectivity index (χ1v) is 15.9. The van der Waals surface area contributed by atoms with E-state index in [2.05, 4.69) is 77.2 Å². The summed E-state index contributed by atoms with van der Waals surface area (Å²) in [5.41, 5.74) is 3.44. The number of rotatable bonds is 10. The van der Waals surface area contributed by atoms with Crippen LogP contribution in [0.25, 0.3) is 0 Å². The molecular weight excluding hydrogens is 544 g/mol. The molecule has 0 aromatic carbocycles. The lowest BCUT2D eigenvalue weighted by atomic mass is 9.57. The van der Waals surface area contributed by atoms with Crippen LogP contribution in [-0.4, -0.2) is 43.8 Å². The lowest BCUT2D eigenvalue weighted by Crippen LogP contribution is -2.65. The average molecular weight is 603 g/mol. The summed E-state index contributed by atoms with van der Waals surface area (Å²) >= 11 is 0. The Balaban J connectivity index is 1.94. The van der Waals surface area contributed by atoms with Gasteiger partial charge in [-0.2, -0.15) is 0 Å². The highest BCUT2D eigenvalue weighted by molar-refractivity contribution is 5.38. The van der Waals surface area contributed by atoms with Crippen LogP contribution in [0.2, 0.25) is 0 Å². The Morgan fingerprint density at radius 1 is 0.636 bits per heavy atom. The maximum absolute atomic E-state index is 11.4. The molecule has 4 heteroatoms. The van der Waals surface area contributed by atoms with E-state index in [1.807, 2.05) is 64.2 Å². The van der Waals surface area contributed by atoms with Crippen LogP contribution >= 0.6 is 0 Å². The van der Waals surface area contributed by atoms with Gasteiger partial charge in [-0.25, -0.2) is 0 Å². The molecule has 0 aromatic rings. The van der Waals surface area contributed by atoms with Crippen molar-refractivity contribution in [3.8, 4) is 0 Å². The molecule has 2 rings (SSSR count). The van der Waals surface area contributed by atoms with Gasteiger partial charge in [0, 0.05) is 11.8 Å². The fourth-order valence-corrected chi connectivity index (χ4v) is 6.55. The van der Waals surface area contributed by atoms with Gasteiger partial charge in [-0.3, -0.25) is 0 Å². The Morgan fingerprint density at radius 3 is 1.61 bits per heavy atom.